The SMILES string of the molecule is COCCCN1C(=O)C(=O)C(=C(O)c2ccc(S(=O)(=O)N(C)C)cc2)[C@@H]1c1ccc(Cl)c(Cl)c1. The lowest BCUT2D eigenvalue weighted by atomic mass is 9.95. The first-order valence-electron chi connectivity index (χ1n) is 10.3. The molecule has 1 aliphatic heterocycles. The number of methoxy groups -OCH3 is 1. The molecule has 8 nitrogen and oxygen atoms in total. The number of rotatable bonds is 8. The summed E-state index contributed by atoms with van der Waals surface area (Å²) < 4.78 is 30.8. The van der Waals surface area contributed by atoms with Crippen molar-refractivity contribution < 1.29 is 27.9 Å². The highest BCUT2D eigenvalue weighted by Gasteiger charge is 2.46. The molecule has 0 saturated carbocycles. The lowest BCUT2D eigenvalue weighted by Crippen LogP contribution is -2.31. The number of hydrogen-bond donors (Lipinski definition) is 1. The second-order valence-electron chi connectivity index (χ2n) is 7.82. The second kappa shape index (κ2) is 10.5. The Morgan fingerprint density at radius 1 is 1.09 bits per heavy atom. The maximum atomic E-state index is 13.0. The van der Waals surface area contributed by atoms with E-state index < -0.39 is 33.5 Å². The molecule has 0 aliphatic carbocycles. The Balaban J connectivity index is 2.12. The van der Waals surface area contributed by atoms with Crippen LogP contribution in [0.15, 0.2) is 52.9 Å². The fourth-order valence-electron chi connectivity index (χ4n) is 3.67. The first-order chi connectivity index (χ1) is 16.0. The van der Waals surface area contributed by atoms with E-state index in [9.17, 15) is 23.1 Å². The van der Waals surface area contributed by atoms with Crippen molar-refractivity contribution in [3.63, 3.8) is 0 Å². The molecule has 1 atom stereocenters. The molecule has 0 spiro atoms. The number of aliphatic hydroxyl groups is 1. The highest BCUT2D eigenvalue weighted by molar-refractivity contribution is 7.89. The van der Waals surface area contributed by atoms with E-state index in [0.717, 1.165) is 4.31 Å². The number of sulfonamides is 1. The number of Topliss-reactive ketones (excluding diaryl/α,β-unsaturated/α-hetero) is 1. The van der Waals surface area contributed by atoms with E-state index >= 15 is 0 Å². The molecule has 3 rings (SSSR count). The van der Waals surface area contributed by atoms with Gasteiger partial charge in [0.1, 0.15) is 5.76 Å². The van der Waals surface area contributed by atoms with Crippen LogP contribution in [0.2, 0.25) is 10.0 Å². The summed E-state index contributed by atoms with van der Waals surface area (Å²) in [6.07, 6.45) is 0.471. The van der Waals surface area contributed by atoms with Crippen molar-refractivity contribution in [3.8, 4) is 0 Å². The Kier molecular flexibility index (Phi) is 8.05. The summed E-state index contributed by atoms with van der Waals surface area (Å²) in [5, 5.41) is 11.6. The molecule has 34 heavy (non-hydrogen) atoms. The van der Waals surface area contributed by atoms with Gasteiger partial charge in [-0.1, -0.05) is 29.3 Å². The molecule has 0 bridgehead atoms. The topological polar surface area (TPSA) is 104 Å². The molecule has 1 heterocycles. The van der Waals surface area contributed by atoms with E-state index in [-0.39, 0.29) is 27.6 Å². The third kappa shape index (κ3) is 4.99. The maximum absolute atomic E-state index is 13.0. The standard InChI is InChI=1S/C23H24Cl2N2O6S/c1-26(2)34(31,32)16-8-5-14(6-9-16)21(28)19-20(15-7-10-17(24)18(25)13-15)27(11-4-12-33-3)23(30)22(19)29/h5-10,13,20,28H,4,11-12H2,1-3H3/t20-/m0/s1. The molecule has 2 aromatic carbocycles. The van der Waals surface area contributed by atoms with E-state index in [4.69, 9.17) is 27.9 Å². The van der Waals surface area contributed by atoms with Crippen LogP contribution < -0.4 is 0 Å². The van der Waals surface area contributed by atoms with Crippen LogP contribution in [0, 0.1) is 0 Å². The van der Waals surface area contributed by atoms with E-state index in [0.29, 0.717) is 23.6 Å². The van der Waals surface area contributed by atoms with Crippen LogP contribution in [-0.4, -0.2) is 68.8 Å². The Labute approximate surface area is 208 Å². The van der Waals surface area contributed by atoms with Gasteiger partial charge in [0.15, 0.2) is 0 Å². The number of carbonyl (C=O) groups excluding carboxylic acids is 2. The van der Waals surface area contributed by atoms with Crippen LogP contribution in [0.5, 0.6) is 0 Å². The van der Waals surface area contributed by atoms with Crippen LogP contribution >= 0.6 is 23.2 Å². The highest BCUT2D eigenvalue weighted by atomic mass is 35.5. The maximum Gasteiger partial charge on any atom is 0.295 e. The van der Waals surface area contributed by atoms with Gasteiger partial charge in [-0.15, -0.1) is 0 Å². The smallest absolute Gasteiger partial charge is 0.295 e. The number of amides is 1. The van der Waals surface area contributed by atoms with Crippen molar-refractivity contribution in [3.05, 3.63) is 69.2 Å². The van der Waals surface area contributed by atoms with Crippen LogP contribution in [0.25, 0.3) is 5.76 Å². The minimum atomic E-state index is -3.67. The van der Waals surface area contributed by atoms with Gasteiger partial charge in [-0.3, -0.25) is 9.59 Å². The highest BCUT2D eigenvalue weighted by Crippen LogP contribution is 2.41. The van der Waals surface area contributed by atoms with Crippen LogP contribution in [0.4, 0.5) is 0 Å². The Morgan fingerprint density at radius 3 is 2.29 bits per heavy atom. The van der Waals surface area contributed by atoms with Gasteiger partial charge in [-0.2, -0.15) is 0 Å². The molecule has 1 fully saturated rings. The first kappa shape index (κ1) is 26.2. The fourth-order valence-corrected chi connectivity index (χ4v) is 4.88. The number of ketones is 1. The zero-order chi connectivity index (χ0) is 25.2. The molecule has 1 N–H and O–H groups in total. The predicted octanol–water partition coefficient (Wildman–Crippen LogP) is 3.70. The molecule has 1 saturated heterocycles. The summed E-state index contributed by atoms with van der Waals surface area (Å²) in [4.78, 5) is 27.3. The summed E-state index contributed by atoms with van der Waals surface area (Å²) in [5.41, 5.74) is 0.570. The quantitative estimate of drug-likeness (QED) is 0.243. The number of benzene rings is 2. The number of halogens is 2. The first-order valence-corrected chi connectivity index (χ1v) is 12.5. The third-order valence-corrected chi connectivity index (χ3v) is 8.02. The number of nitrogens with zero attached hydrogens (tertiary/aromatic N) is 2. The molecule has 1 aliphatic rings. The van der Waals surface area contributed by atoms with Gasteiger partial charge in [0.05, 0.1) is 26.6 Å². The molecule has 2 aromatic rings. The summed E-state index contributed by atoms with van der Waals surface area (Å²) in [6, 6.07) is 9.25. The van der Waals surface area contributed by atoms with Crippen LogP contribution in [0.3, 0.4) is 0 Å². The molecule has 0 aromatic heterocycles. The van der Waals surface area contributed by atoms with Gasteiger partial charge in [0.25, 0.3) is 11.7 Å². The summed E-state index contributed by atoms with van der Waals surface area (Å²) >= 11 is 12.2. The van der Waals surface area contributed by atoms with Crippen LogP contribution in [-0.2, 0) is 24.3 Å². The molecular formula is C23H24Cl2N2O6S. The van der Waals surface area contributed by atoms with Gasteiger partial charge in [0.2, 0.25) is 10.0 Å². The minimum Gasteiger partial charge on any atom is -0.507 e. The van der Waals surface area contributed by atoms with E-state index in [2.05, 4.69) is 0 Å². The molecule has 182 valence electrons. The van der Waals surface area contributed by atoms with Crippen LogP contribution in [0.1, 0.15) is 23.6 Å². The van der Waals surface area contributed by atoms with E-state index in [1.165, 1.54) is 50.4 Å². The van der Waals surface area contributed by atoms with Crippen molar-refractivity contribution in [1.82, 2.24) is 9.21 Å². The molecule has 11 heteroatoms. The zero-order valence-corrected chi connectivity index (χ0v) is 21.1. The fraction of sp³-hybridized carbons (Fsp3) is 0.304. The molecule has 1 amide bonds. The average molecular weight is 527 g/mol. The Morgan fingerprint density at radius 2 is 1.74 bits per heavy atom. The van der Waals surface area contributed by atoms with Crippen molar-refractivity contribution >= 4 is 50.7 Å². The second-order valence-corrected chi connectivity index (χ2v) is 10.8. The third-order valence-electron chi connectivity index (χ3n) is 5.45. The van der Waals surface area contributed by atoms with Crippen molar-refractivity contribution in [2.75, 3.05) is 34.4 Å². The lowest BCUT2D eigenvalue weighted by Gasteiger charge is -2.25. The van der Waals surface area contributed by atoms with E-state index in [1.807, 2.05) is 0 Å². The van der Waals surface area contributed by atoms with Crippen molar-refractivity contribution in [2.24, 2.45) is 0 Å². The predicted molar refractivity (Wildman–Crippen MR) is 129 cm³/mol. The zero-order valence-electron chi connectivity index (χ0n) is 18.8. The van der Waals surface area contributed by atoms with Gasteiger partial charge in [0, 0.05) is 39.9 Å². The summed E-state index contributed by atoms with van der Waals surface area (Å²) in [6.45, 7) is 0.582. The lowest BCUT2D eigenvalue weighted by molar-refractivity contribution is -0.140. The van der Waals surface area contributed by atoms with Crippen molar-refractivity contribution in [1.29, 1.82) is 0 Å². The molecular weight excluding hydrogens is 503 g/mol. The number of ether oxygens (including phenoxy) is 1. The number of hydrogen-bond acceptors (Lipinski definition) is 6. The average Bonchev–Trinajstić information content (AvgIpc) is 3.05. The molecule has 0 radical (unpaired) electrons. The summed E-state index contributed by atoms with van der Waals surface area (Å²) in [5.74, 6) is -2.03. The Bertz CT molecular complexity index is 1240. The monoisotopic (exact) mass is 526 g/mol. The number of likely N-dealkylation sites (tertiary alicyclic amines) is 1. The largest absolute Gasteiger partial charge is 0.507 e. The van der Waals surface area contributed by atoms with Crippen molar-refractivity contribution in [2.45, 2.75) is 17.4 Å². The van der Waals surface area contributed by atoms with Gasteiger partial charge in [-0.05, 0) is 48.4 Å². The minimum absolute atomic E-state index is 0.0232. The number of aliphatic hydroxyl groups excluding tert-OH is 1. The molecule has 0 unspecified atom stereocenters. The normalized spacial score (nSPS) is 18.2. The number of carbonyl (C=O) groups is 2. The van der Waals surface area contributed by atoms with Gasteiger partial charge < -0.3 is 14.7 Å². The van der Waals surface area contributed by atoms with E-state index in [1.54, 1.807) is 18.2 Å². The van der Waals surface area contributed by atoms with Gasteiger partial charge in [-0.25, -0.2) is 12.7 Å². The Hall–Kier alpha value is -2.43. The summed E-state index contributed by atoms with van der Waals surface area (Å²) in [7, 11) is 0.674. The van der Waals surface area contributed by atoms with Gasteiger partial charge >= 0.3 is 0 Å².